The van der Waals surface area contributed by atoms with Gasteiger partial charge in [0.1, 0.15) is 19.4 Å². The number of hydrogen-bond acceptors (Lipinski definition) is 4. The van der Waals surface area contributed by atoms with Crippen molar-refractivity contribution in [3.63, 3.8) is 0 Å². The van der Waals surface area contributed by atoms with Crippen LogP contribution in [0.2, 0.25) is 0 Å². The van der Waals surface area contributed by atoms with Crippen LogP contribution in [0.5, 0.6) is 11.9 Å². The Morgan fingerprint density at radius 3 is 2.00 bits per heavy atom. The highest BCUT2D eigenvalue weighted by atomic mass is 19.1. The summed E-state index contributed by atoms with van der Waals surface area (Å²) >= 11 is 0. The number of benzene rings is 2. The Morgan fingerprint density at radius 1 is 0.826 bits per heavy atom. The third kappa shape index (κ3) is 4.26. The van der Waals surface area contributed by atoms with E-state index < -0.39 is 5.82 Å². The Labute approximate surface area is 133 Å². The largest absolute Gasteiger partial charge is 0.471 e. The molecule has 0 N–H and O–H groups in total. The molecule has 5 heteroatoms. The average Bonchev–Trinajstić information content (AvgIpc) is 2.62. The topological polar surface area (TPSA) is 44.2 Å². The summed E-state index contributed by atoms with van der Waals surface area (Å²) in [6.45, 7) is 0.499. The van der Waals surface area contributed by atoms with Crippen LogP contribution in [-0.2, 0) is 13.2 Å². The standard InChI is InChI=1S/C18H14FN2O2/c19-16-11-20-18(23-13-15-9-5-2-6-10-15)21-17(16)22-12-14-7-3-1-4-8-14/h1-10H,12-13H2. The van der Waals surface area contributed by atoms with E-state index in [2.05, 4.69) is 16.2 Å². The average molecular weight is 309 g/mol. The molecule has 0 amide bonds. The number of aromatic nitrogens is 2. The second-order valence-corrected chi connectivity index (χ2v) is 4.79. The van der Waals surface area contributed by atoms with Gasteiger partial charge in [-0.2, -0.15) is 14.4 Å². The molecule has 2 aromatic carbocycles. The predicted molar refractivity (Wildman–Crippen MR) is 82.4 cm³/mol. The monoisotopic (exact) mass is 309 g/mol. The van der Waals surface area contributed by atoms with Crippen molar-refractivity contribution in [1.82, 2.24) is 9.97 Å². The van der Waals surface area contributed by atoms with Gasteiger partial charge in [0.05, 0.1) is 0 Å². The first-order valence-corrected chi connectivity index (χ1v) is 7.10. The lowest BCUT2D eigenvalue weighted by atomic mass is 10.2. The van der Waals surface area contributed by atoms with Gasteiger partial charge in [0.15, 0.2) is 0 Å². The van der Waals surface area contributed by atoms with E-state index in [-0.39, 0.29) is 18.5 Å². The summed E-state index contributed by atoms with van der Waals surface area (Å²) in [5.74, 6) is -0.917. The van der Waals surface area contributed by atoms with Gasteiger partial charge in [-0.25, -0.2) is 0 Å². The van der Waals surface area contributed by atoms with Crippen LogP contribution in [0.15, 0.2) is 60.7 Å². The minimum absolute atomic E-state index is 0.0262. The van der Waals surface area contributed by atoms with E-state index in [1.54, 1.807) is 0 Å². The third-order valence-corrected chi connectivity index (χ3v) is 3.06. The molecule has 0 aliphatic carbocycles. The number of nitrogens with zero attached hydrogens (tertiary/aromatic N) is 2. The van der Waals surface area contributed by atoms with E-state index in [0.717, 1.165) is 11.1 Å². The fraction of sp³-hybridized carbons (Fsp3) is 0.111. The lowest BCUT2D eigenvalue weighted by molar-refractivity contribution is 0.247. The van der Waals surface area contributed by atoms with Gasteiger partial charge in [-0.15, -0.1) is 0 Å². The van der Waals surface area contributed by atoms with E-state index in [1.807, 2.05) is 60.7 Å². The van der Waals surface area contributed by atoms with Gasteiger partial charge in [0.2, 0.25) is 5.82 Å². The van der Waals surface area contributed by atoms with Crippen LogP contribution in [0.1, 0.15) is 11.1 Å². The summed E-state index contributed by atoms with van der Waals surface area (Å²) in [4.78, 5) is 7.64. The number of ether oxygens (including phenoxy) is 2. The zero-order valence-corrected chi connectivity index (χ0v) is 12.3. The summed E-state index contributed by atoms with van der Waals surface area (Å²) in [6, 6.07) is 19.0. The van der Waals surface area contributed by atoms with Crippen molar-refractivity contribution in [2.75, 3.05) is 0 Å². The minimum atomic E-state index is -0.743. The van der Waals surface area contributed by atoms with E-state index in [1.165, 1.54) is 0 Å². The maximum absolute atomic E-state index is 13.7. The Hall–Kier alpha value is -2.95. The molecule has 0 unspecified atom stereocenters. The van der Waals surface area contributed by atoms with Crippen molar-refractivity contribution in [1.29, 1.82) is 0 Å². The molecule has 0 aliphatic heterocycles. The Kier molecular flexibility index (Phi) is 4.79. The number of hydrogen-bond donors (Lipinski definition) is 0. The molecule has 0 saturated heterocycles. The highest BCUT2D eigenvalue weighted by Crippen LogP contribution is 2.17. The van der Waals surface area contributed by atoms with Crippen LogP contribution in [-0.4, -0.2) is 9.97 Å². The van der Waals surface area contributed by atoms with E-state index in [4.69, 9.17) is 9.47 Å². The van der Waals surface area contributed by atoms with Crippen LogP contribution < -0.4 is 9.47 Å². The van der Waals surface area contributed by atoms with Crippen LogP contribution in [0.4, 0.5) is 4.39 Å². The Balaban J connectivity index is 1.64. The molecule has 3 aromatic rings. The van der Waals surface area contributed by atoms with Crippen LogP contribution in [0.25, 0.3) is 0 Å². The molecule has 0 aliphatic rings. The fourth-order valence-corrected chi connectivity index (χ4v) is 1.91. The molecular formula is C18H14FN2O2. The summed E-state index contributed by atoms with van der Waals surface area (Å²) in [6.07, 6.45) is 2.21. The SMILES string of the molecule is Fc1[c]nc(OCc2ccccc2)nc1OCc1ccccc1. The molecule has 0 atom stereocenters. The van der Waals surface area contributed by atoms with Crippen molar-refractivity contribution >= 4 is 0 Å². The van der Waals surface area contributed by atoms with Gasteiger partial charge in [-0.1, -0.05) is 60.7 Å². The fourth-order valence-electron chi connectivity index (χ4n) is 1.91. The molecule has 1 heterocycles. The molecule has 4 nitrogen and oxygen atoms in total. The molecule has 23 heavy (non-hydrogen) atoms. The second-order valence-electron chi connectivity index (χ2n) is 4.79. The summed E-state index contributed by atoms with van der Waals surface area (Å²) < 4.78 is 24.5. The highest BCUT2D eigenvalue weighted by molar-refractivity contribution is 5.18. The number of halogens is 1. The zero-order chi connectivity index (χ0) is 15.9. The Morgan fingerprint density at radius 2 is 1.39 bits per heavy atom. The van der Waals surface area contributed by atoms with Gasteiger partial charge >= 0.3 is 6.01 Å². The molecule has 1 aromatic heterocycles. The van der Waals surface area contributed by atoms with Crippen molar-refractivity contribution in [2.45, 2.75) is 13.2 Å². The lowest BCUT2D eigenvalue weighted by Crippen LogP contribution is -2.04. The van der Waals surface area contributed by atoms with E-state index in [9.17, 15) is 4.39 Å². The van der Waals surface area contributed by atoms with Gasteiger partial charge in [0.25, 0.3) is 5.88 Å². The molecule has 0 bridgehead atoms. The summed E-state index contributed by atoms with van der Waals surface area (Å²) in [5.41, 5.74) is 1.88. The molecular weight excluding hydrogens is 295 g/mol. The molecule has 1 radical (unpaired) electrons. The van der Waals surface area contributed by atoms with Gasteiger partial charge in [0, 0.05) is 0 Å². The van der Waals surface area contributed by atoms with Crippen molar-refractivity contribution in [3.8, 4) is 11.9 Å². The van der Waals surface area contributed by atoms with Crippen molar-refractivity contribution < 1.29 is 13.9 Å². The van der Waals surface area contributed by atoms with Crippen LogP contribution >= 0.6 is 0 Å². The smallest absolute Gasteiger partial charge is 0.320 e. The van der Waals surface area contributed by atoms with Crippen molar-refractivity contribution in [3.05, 3.63) is 83.8 Å². The normalized spacial score (nSPS) is 10.3. The summed E-state index contributed by atoms with van der Waals surface area (Å²) in [5, 5.41) is 0. The van der Waals surface area contributed by atoms with Crippen LogP contribution in [0, 0.1) is 12.0 Å². The maximum atomic E-state index is 13.7. The van der Waals surface area contributed by atoms with E-state index >= 15 is 0 Å². The quantitative estimate of drug-likeness (QED) is 0.698. The molecule has 0 fully saturated rings. The minimum Gasteiger partial charge on any atom is -0.471 e. The highest BCUT2D eigenvalue weighted by Gasteiger charge is 2.10. The molecule has 0 saturated carbocycles. The first kappa shape index (κ1) is 15.0. The maximum Gasteiger partial charge on any atom is 0.320 e. The van der Waals surface area contributed by atoms with Crippen molar-refractivity contribution in [2.24, 2.45) is 0 Å². The molecule has 3 rings (SSSR count). The van der Waals surface area contributed by atoms with Gasteiger partial charge in [-0.05, 0) is 11.1 Å². The number of rotatable bonds is 6. The second kappa shape index (κ2) is 7.35. The van der Waals surface area contributed by atoms with Crippen LogP contribution in [0.3, 0.4) is 0 Å². The van der Waals surface area contributed by atoms with Gasteiger partial charge < -0.3 is 9.47 Å². The first-order chi connectivity index (χ1) is 11.3. The van der Waals surface area contributed by atoms with E-state index in [0.29, 0.717) is 6.61 Å². The molecule has 0 spiro atoms. The predicted octanol–water partition coefficient (Wildman–Crippen LogP) is 3.57. The lowest BCUT2D eigenvalue weighted by Gasteiger charge is -2.08. The molecule has 115 valence electrons. The van der Waals surface area contributed by atoms with Gasteiger partial charge in [-0.3, -0.25) is 0 Å². The Bertz CT molecular complexity index is 751. The third-order valence-electron chi connectivity index (χ3n) is 3.06. The first-order valence-electron chi connectivity index (χ1n) is 7.10. The zero-order valence-electron chi connectivity index (χ0n) is 12.3. The summed E-state index contributed by atoms with van der Waals surface area (Å²) in [7, 11) is 0.